The fraction of sp³-hybridized carbons (Fsp3) is 0.667. The Morgan fingerprint density at radius 3 is 2.37 bits per heavy atom. The summed E-state index contributed by atoms with van der Waals surface area (Å²) >= 11 is 0. The summed E-state index contributed by atoms with van der Waals surface area (Å²) in [5.74, 6) is 3.66. The molecule has 9 heteroatoms. The van der Waals surface area contributed by atoms with Gasteiger partial charge in [0.1, 0.15) is 17.2 Å². The monoisotopic (exact) mass is 537 g/mol. The molecule has 30 heavy (non-hydrogen) atoms. The van der Waals surface area contributed by atoms with E-state index in [0.717, 1.165) is 62.1 Å². The molecule has 1 aliphatic rings. The first-order valence-corrected chi connectivity index (χ1v) is 9.97. The zero-order valence-electron chi connectivity index (χ0n) is 18.7. The van der Waals surface area contributed by atoms with Crippen molar-refractivity contribution in [2.75, 3.05) is 74.9 Å². The molecule has 0 bridgehead atoms. The Kier molecular flexibility index (Phi) is 12.9. The van der Waals surface area contributed by atoms with Crippen molar-refractivity contribution in [2.45, 2.75) is 12.8 Å². The van der Waals surface area contributed by atoms with Crippen LogP contribution in [0.25, 0.3) is 0 Å². The summed E-state index contributed by atoms with van der Waals surface area (Å²) < 4.78 is 27.1. The average molecular weight is 537 g/mol. The topological polar surface area (TPSA) is 73.8 Å². The second-order valence-corrected chi connectivity index (χ2v) is 6.90. The number of guanidine groups is 1. The highest BCUT2D eigenvalue weighted by atomic mass is 127. The molecule has 1 fully saturated rings. The van der Waals surface area contributed by atoms with Crippen LogP contribution in [0.3, 0.4) is 0 Å². The number of rotatable bonds is 11. The van der Waals surface area contributed by atoms with Crippen LogP contribution in [0.4, 0.5) is 0 Å². The summed E-state index contributed by atoms with van der Waals surface area (Å²) in [6, 6.07) is 3.75. The molecule has 1 N–H and O–H groups in total. The van der Waals surface area contributed by atoms with Gasteiger partial charge >= 0.3 is 0 Å². The van der Waals surface area contributed by atoms with Crippen molar-refractivity contribution in [3.63, 3.8) is 0 Å². The first kappa shape index (κ1) is 26.6. The van der Waals surface area contributed by atoms with E-state index in [9.17, 15) is 0 Å². The van der Waals surface area contributed by atoms with Gasteiger partial charge in [0.25, 0.3) is 0 Å². The number of nitrogens with one attached hydrogen (secondary N) is 1. The molecule has 1 aromatic carbocycles. The Morgan fingerprint density at radius 1 is 1.10 bits per heavy atom. The number of likely N-dealkylation sites (tertiary alicyclic amines) is 1. The number of hydrogen-bond donors (Lipinski definition) is 1. The van der Waals surface area contributed by atoms with Gasteiger partial charge in [0.05, 0.1) is 41.2 Å². The molecule has 1 heterocycles. The summed E-state index contributed by atoms with van der Waals surface area (Å²) in [4.78, 5) is 6.73. The molecule has 0 radical (unpaired) electrons. The molecule has 172 valence electrons. The quantitative estimate of drug-likeness (QED) is 0.201. The van der Waals surface area contributed by atoms with Gasteiger partial charge in [-0.05, 0) is 12.8 Å². The van der Waals surface area contributed by atoms with Crippen LogP contribution in [0.1, 0.15) is 12.0 Å². The number of aliphatic imine (C=N–C) groups is 1. The van der Waals surface area contributed by atoms with Crippen LogP contribution >= 0.6 is 24.0 Å². The summed E-state index contributed by atoms with van der Waals surface area (Å²) in [6.45, 7) is 4.69. The summed E-state index contributed by atoms with van der Waals surface area (Å²) in [6.07, 6.45) is 1.85. The third-order valence-electron chi connectivity index (χ3n) is 5.06. The second-order valence-electron chi connectivity index (χ2n) is 6.90. The Bertz CT molecular complexity index is 635. The molecular weight excluding hydrogens is 501 g/mol. The molecule has 2 rings (SSSR count). The van der Waals surface area contributed by atoms with Gasteiger partial charge in [-0.1, -0.05) is 0 Å². The van der Waals surface area contributed by atoms with E-state index >= 15 is 0 Å². The molecule has 8 nitrogen and oxygen atoms in total. The Morgan fingerprint density at radius 2 is 1.80 bits per heavy atom. The SMILES string of the molecule is CN=C(NCCc1c(OC)cc(OC)cc1OC)N1CCC(COCCOC)C1.I. The molecule has 1 aromatic rings. The van der Waals surface area contributed by atoms with Gasteiger partial charge in [0, 0.05) is 57.4 Å². The van der Waals surface area contributed by atoms with E-state index in [1.807, 2.05) is 19.2 Å². The fourth-order valence-corrected chi connectivity index (χ4v) is 3.51. The number of methoxy groups -OCH3 is 4. The number of benzene rings is 1. The van der Waals surface area contributed by atoms with E-state index in [2.05, 4.69) is 15.2 Å². The molecule has 1 aliphatic heterocycles. The largest absolute Gasteiger partial charge is 0.496 e. The van der Waals surface area contributed by atoms with Crippen molar-refractivity contribution >= 4 is 29.9 Å². The molecule has 1 atom stereocenters. The van der Waals surface area contributed by atoms with Crippen LogP contribution in [0.15, 0.2) is 17.1 Å². The average Bonchev–Trinajstić information content (AvgIpc) is 3.22. The molecular formula is C21H36IN3O5. The Hall–Kier alpha value is -1.46. The van der Waals surface area contributed by atoms with Crippen LogP contribution in [0.2, 0.25) is 0 Å². The van der Waals surface area contributed by atoms with E-state index < -0.39 is 0 Å². The van der Waals surface area contributed by atoms with E-state index in [4.69, 9.17) is 23.7 Å². The van der Waals surface area contributed by atoms with Crippen molar-refractivity contribution in [3.8, 4) is 17.2 Å². The van der Waals surface area contributed by atoms with Crippen molar-refractivity contribution in [1.29, 1.82) is 0 Å². The van der Waals surface area contributed by atoms with Gasteiger partial charge in [0.15, 0.2) is 5.96 Å². The van der Waals surface area contributed by atoms with Crippen LogP contribution in [-0.4, -0.2) is 85.8 Å². The number of ether oxygens (including phenoxy) is 5. The van der Waals surface area contributed by atoms with E-state index in [1.165, 1.54) is 0 Å². The summed E-state index contributed by atoms with van der Waals surface area (Å²) in [5.41, 5.74) is 1.00. The molecule has 0 aromatic heterocycles. The van der Waals surface area contributed by atoms with E-state index in [0.29, 0.717) is 24.9 Å². The van der Waals surface area contributed by atoms with Gasteiger partial charge in [-0.15, -0.1) is 24.0 Å². The summed E-state index contributed by atoms with van der Waals surface area (Å²) in [5, 5.41) is 3.46. The molecule has 1 saturated heterocycles. The van der Waals surface area contributed by atoms with Gasteiger partial charge in [-0.3, -0.25) is 4.99 Å². The third kappa shape index (κ3) is 7.66. The standard InChI is InChI=1S/C21H35N3O5.HI/c1-22-21(24-9-7-16(14-24)15-29-11-10-25-2)23-8-6-18-19(27-4)12-17(26-3)13-20(18)28-5;/h12-13,16H,6-11,14-15H2,1-5H3,(H,22,23);1H. The van der Waals surface area contributed by atoms with Crippen molar-refractivity contribution in [2.24, 2.45) is 10.9 Å². The lowest BCUT2D eigenvalue weighted by atomic mass is 10.1. The van der Waals surface area contributed by atoms with Crippen LogP contribution in [0.5, 0.6) is 17.2 Å². The number of nitrogens with zero attached hydrogens (tertiary/aromatic N) is 2. The molecule has 0 saturated carbocycles. The minimum Gasteiger partial charge on any atom is -0.496 e. The molecule has 0 amide bonds. The van der Waals surface area contributed by atoms with Crippen molar-refractivity contribution in [1.82, 2.24) is 10.2 Å². The maximum absolute atomic E-state index is 5.68. The van der Waals surface area contributed by atoms with Gasteiger partial charge in [0.2, 0.25) is 0 Å². The molecule has 1 unspecified atom stereocenters. The second kappa shape index (κ2) is 14.5. The predicted octanol–water partition coefficient (Wildman–Crippen LogP) is 2.43. The maximum Gasteiger partial charge on any atom is 0.193 e. The number of hydrogen-bond acceptors (Lipinski definition) is 6. The highest BCUT2D eigenvalue weighted by Crippen LogP contribution is 2.34. The Labute approximate surface area is 197 Å². The van der Waals surface area contributed by atoms with Crippen molar-refractivity contribution < 1.29 is 23.7 Å². The summed E-state index contributed by atoms with van der Waals surface area (Å²) in [7, 11) is 8.45. The van der Waals surface area contributed by atoms with Gasteiger partial charge in [-0.25, -0.2) is 0 Å². The zero-order valence-corrected chi connectivity index (χ0v) is 21.1. The first-order chi connectivity index (χ1) is 14.2. The lowest BCUT2D eigenvalue weighted by Crippen LogP contribution is -2.41. The predicted molar refractivity (Wildman–Crippen MR) is 129 cm³/mol. The van der Waals surface area contributed by atoms with Crippen molar-refractivity contribution in [3.05, 3.63) is 17.7 Å². The zero-order chi connectivity index (χ0) is 21.1. The lowest BCUT2D eigenvalue weighted by molar-refractivity contribution is 0.0536. The number of halogens is 1. The highest BCUT2D eigenvalue weighted by Gasteiger charge is 2.25. The van der Waals surface area contributed by atoms with Gasteiger partial charge < -0.3 is 33.9 Å². The maximum atomic E-state index is 5.68. The Balaban J connectivity index is 0.00000450. The molecule has 0 aliphatic carbocycles. The lowest BCUT2D eigenvalue weighted by Gasteiger charge is -2.22. The van der Waals surface area contributed by atoms with E-state index in [1.54, 1.807) is 28.4 Å². The normalized spacial score (nSPS) is 16.2. The highest BCUT2D eigenvalue weighted by molar-refractivity contribution is 14.0. The van der Waals surface area contributed by atoms with Crippen LogP contribution < -0.4 is 19.5 Å². The fourth-order valence-electron chi connectivity index (χ4n) is 3.51. The minimum atomic E-state index is 0. The van der Waals surface area contributed by atoms with Gasteiger partial charge in [-0.2, -0.15) is 0 Å². The first-order valence-electron chi connectivity index (χ1n) is 9.97. The minimum absolute atomic E-state index is 0. The van der Waals surface area contributed by atoms with E-state index in [-0.39, 0.29) is 24.0 Å². The van der Waals surface area contributed by atoms with Crippen LogP contribution in [0, 0.1) is 5.92 Å². The third-order valence-corrected chi connectivity index (χ3v) is 5.06. The molecule has 0 spiro atoms. The smallest absolute Gasteiger partial charge is 0.193 e. The van der Waals surface area contributed by atoms with Crippen LogP contribution in [-0.2, 0) is 15.9 Å².